The van der Waals surface area contributed by atoms with Crippen molar-refractivity contribution in [2.24, 2.45) is 0 Å². The van der Waals surface area contributed by atoms with Crippen LogP contribution in [0.15, 0.2) is 71.3 Å². The first-order valence-electron chi connectivity index (χ1n) is 11.4. The lowest BCUT2D eigenvalue weighted by molar-refractivity contribution is 0.0608. The van der Waals surface area contributed by atoms with Crippen LogP contribution < -0.4 is 0 Å². The van der Waals surface area contributed by atoms with Crippen molar-refractivity contribution in [1.29, 1.82) is 0 Å². The average molecular weight is 479 g/mol. The molecule has 0 spiro atoms. The smallest absolute Gasteiger partial charge is 0.254 e. The first-order chi connectivity index (χ1) is 15.1. The zero-order chi connectivity index (χ0) is 21.6. The van der Waals surface area contributed by atoms with Crippen molar-refractivity contribution in [2.45, 2.75) is 64.6 Å². The SMILES string of the molecule is CCc1ccc(C(=O)N(Cc2cccn2Cc2ccc(Br)cc2)C2CCCCC2)cc1. The quantitative estimate of drug-likeness (QED) is 0.364. The molecule has 1 amide bonds. The van der Waals surface area contributed by atoms with Crippen molar-refractivity contribution in [1.82, 2.24) is 9.47 Å². The minimum Gasteiger partial charge on any atom is -0.345 e. The van der Waals surface area contributed by atoms with Crippen molar-refractivity contribution in [3.8, 4) is 0 Å². The Morgan fingerprint density at radius 2 is 1.65 bits per heavy atom. The van der Waals surface area contributed by atoms with Crippen LogP contribution in [0.3, 0.4) is 0 Å². The van der Waals surface area contributed by atoms with E-state index in [1.807, 2.05) is 12.1 Å². The van der Waals surface area contributed by atoms with Crippen LogP contribution in [-0.2, 0) is 19.5 Å². The number of aromatic nitrogens is 1. The van der Waals surface area contributed by atoms with E-state index in [0.29, 0.717) is 12.6 Å². The van der Waals surface area contributed by atoms with E-state index in [-0.39, 0.29) is 5.91 Å². The Balaban J connectivity index is 1.57. The van der Waals surface area contributed by atoms with Gasteiger partial charge in [0.2, 0.25) is 0 Å². The highest BCUT2D eigenvalue weighted by Crippen LogP contribution is 2.26. The van der Waals surface area contributed by atoms with Gasteiger partial charge in [0.05, 0.1) is 6.54 Å². The van der Waals surface area contributed by atoms with E-state index >= 15 is 0 Å². The maximum absolute atomic E-state index is 13.6. The van der Waals surface area contributed by atoms with E-state index in [4.69, 9.17) is 0 Å². The molecule has 4 heteroatoms. The highest BCUT2D eigenvalue weighted by Gasteiger charge is 2.27. The molecular weight excluding hydrogens is 448 g/mol. The number of rotatable bonds is 7. The van der Waals surface area contributed by atoms with Gasteiger partial charge in [0.1, 0.15) is 0 Å². The Kier molecular flexibility index (Phi) is 7.29. The molecule has 0 bridgehead atoms. The fourth-order valence-electron chi connectivity index (χ4n) is 4.52. The second-order valence-corrected chi connectivity index (χ2v) is 9.44. The molecule has 0 atom stereocenters. The second kappa shape index (κ2) is 10.3. The van der Waals surface area contributed by atoms with Gasteiger partial charge in [-0.25, -0.2) is 0 Å². The number of nitrogens with zero attached hydrogens (tertiary/aromatic N) is 2. The van der Waals surface area contributed by atoms with Crippen LogP contribution in [0.4, 0.5) is 0 Å². The molecule has 1 aliphatic carbocycles. The largest absolute Gasteiger partial charge is 0.345 e. The van der Waals surface area contributed by atoms with Crippen molar-refractivity contribution in [2.75, 3.05) is 0 Å². The van der Waals surface area contributed by atoms with Crippen LogP contribution in [0.2, 0.25) is 0 Å². The highest BCUT2D eigenvalue weighted by molar-refractivity contribution is 9.10. The van der Waals surface area contributed by atoms with Crippen LogP contribution in [0.5, 0.6) is 0 Å². The van der Waals surface area contributed by atoms with Crippen LogP contribution in [-0.4, -0.2) is 21.4 Å². The van der Waals surface area contributed by atoms with Gasteiger partial charge in [-0.2, -0.15) is 0 Å². The van der Waals surface area contributed by atoms with Gasteiger partial charge in [0.15, 0.2) is 0 Å². The lowest BCUT2D eigenvalue weighted by Crippen LogP contribution is -2.41. The Bertz CT molecular complexity index is 985. The van der Waals surface area contributed by atoms with Gasteiger partial charge < -0.3 is 9.47 Å². The molecule has 31 heavy (non-hydrogen) atoms. The molecule has 1 aromatic heterocycles. The van der Waals surface area contributed by atoms with Gasteiger partial charge in [-0.15, -0.1) is 0 Å². The third kappa shape index (κ3) is 5.48. The maximum atomic E-state index is 13.6. The summed E-state index contributed by atoms with van der Waals surface area (Å²) in [5, 5.41) is 0. The number of benzene rings is 2. The average Bonchev–Trinajstić information content (AvgIpc) is 3.25. The summed E-state index contributed by atoms with van der Waals surface area (Å²) >= 11 is 3.51. The van der Waals surface area contributed by atoms with E-state index in [1.54, 1.807) is 0 Å². The van der Waals surface area contributed by atoms with Crippen molar-refractivity contribution >= 4 is 21.8 Å². The summed E-state index contributed by atoms with van der Waals surface area (Å²) in [5.41, 5.74) is 4.51. The Labute approximate surface area is 194 Å². The number of hydrogen-bond donors (Lipinski definition) is 0. The van der Waals surface area contributed by atoms with Gasteiger partial charge in [0, 0.05) is 34.5 Å². The normalized spacial score (nSPS) is 14.5. The standard InChI is InChI=1S/C27H31BrN2O/c1-2-21-10-14-23(15-11-21)27(31)30(25-7-4-3-5-8-25)20-26-9-6-18-29(26)19-22-12-16-24(28)17-13-22/h6,9-18,25H,2-5,7-8,19-20H2,1H3. The van der Waals surface area contributed by atoms with Crippen molar-refractivity contribution in [3.05, 3.63) is 93.7 Å². The Hall–Kier alpha value is -2.33. The Morgan fingerprint density at radius 1 is 0.968 bits per heavy atom. The summed E-state index contributed by atoms with van der Waals surface area (Å²) in [6.07, 6.45) is 9.02. The minimum atomic E-state index is 0.158. The summed E-state index contributed by atoms with van der Waals surface area (Å²) in [4.78, 5) is 15.7. The molecule has 3 aromatic rings. The van der Waals surface area contributed by atoms with E-state index in [1.165, 1.54) is 36.1 Å². The van der Waals surface area contributed by atoms with Crippen LogP contribution >= 0.6 is 15.9 Å². The number of hydrogen-bond acceptors (Lipinski definition) is 1. The van der Waals surface area contributed by atoms with Gasteiger partial charge in [-0.05, 0) is 66.8 Å². The summed E-state index contributed by atoms with van der Waals surface area (Å²) in [7, 11) is 0. The molecule has 162 valence electrons. The fourth-order valence-corrected chi connectivity index (χ4v) is 4.78. The maximum Gasteiger partial charge on any atom is 0.254 e. The monoisotopic (exact) mass is 478 g/mol. The zero-order valence-electron chi connectivity index (χ0n) is 18.3. The fraction of sp³-hybridized carbons (Fsp3) is 0.370. The van der Waals surface area contributed by atoms with E-state index in [0.717, 1.165) is 35.8 Å². The first kappa shape index (κ1) is 21.9. The molecule has 4 rings (SSSR count). The molecule has 3 nitrogen and oxygen atoms in total. The Morgan fingerprint density at radius 3 is 2.32 bits per heavy atom. The molecule has 0 unspecified atom stereocenters. The lowest BCUT2D eigenvalue weighted by atomic mass is 9.93. The van der Waals surface area contributed by atoms with Crippen LogP contribution in [0.25, 0.3) is 0 Å². The molecule has 1 heterocycles. The zero-order valence-corrected chi connectivity index (χ0v) is 19.9. The molecule has 0 aliphatic heterocycles. The molecule has 1 fully saturated rings. The molecule has 0 saturated heterocycles. The van der Waals surface area contributed by atoms with Gasteiger partial charge in [0.25, 0.3) is 5.91 Å². The molecule has 1 aliphatic rings. The molecule has 2 aromatic carbocycles. The van der Waals surface area contributed by atoms with Crippen molar-refractivity contribution < 1.29 is 4.79 Å². The van der Waals surface area contributed by atoms with E-state index in [9.17, 15) is 4.79 Å². The number of carbonyl (C=O) groups is 1. The van der Waals surface area contributed by atoms with E-state index < -0.39 is 0 Å². The molecule has 1 saturated carbocycles. The van der Waals surface area contributed by atoms with Gasteiger partial charge in [-0.3, -0.25) is 4.79 Å². The highest BCUT2D eigenvalue weighted by atomic mass is 79.9. The topological polar surface area (TPSA) is 25.2 Å². The molecule has 0 N–H and O–H groups in total. The van der Waals surface area contributed by atoms with Gasteiger partial charge >= 0.3 is 0 Å². The summed E-state index contributed by atoms with van der Waals surface area (Å²) < 4.78 is 3.36. The first-order valence-corrected chi connectivity index (χ1v) is 12.2. The minimum absolute atomic E-state index is 0.158. The predicted molar refractivity (Wildman–Crippen MR) is 130 cm³/mol. The molecule has 0 radical (unpaired) electrons. The van der Waals surface area contributed by atoms with E-state index in [2.05, 4.69) is 87.0 Å². The number of halogens is 1. The summed E-state index contributed by atoms with van der Waals surface area (Å²) in [6, 6.07) is 21.2. The summed E-state index contributed by atoms with van der Waals surface area (Å²) in [6.45, 7) is 3.61. The lowest BCUT2D eigenvalue weighted by Gasteiger charge is -2.35. The number of amides is 1. The second-order valence-electron chi connectivity index (χ2n) is 8.53. The third-order valence-electron chi connectivity index (χ3n) is 6.41. The van der Waals surface area contributed by atoms with Crippen LogP contribution in [0, 0.1) is 0 Å². The van der Waals surface area contributed by atoms with Crippen LogP contribution in [0.1, 0.15) is 66.2 Å². The number of aryl methyl sites for hydroxylation is 1. The molecular formula is C27H31BrN2O. The predicted octanol–water partition coefficient (Wildman–Crippen LogP) is 6.84. The summed E-state index contributed by atoms with van der Waals surface area (Å²) in [5.74, 6) is 0.158. The third-order valence-corrected chi connectivity index (χ3v) is 6.94. The number of carbonyl (C=O) groups excluding carboxylic acids is 1. The van der Waals surface area contributed by atoms with Crippen molar-refractivity contribution in [3.63, 3.8) is 0 Å². The van der Waals surface area contributed by atoms with Gasteiger partial charge in [-0.1, -0.05) is 66.4 Å².